The normalized spacial score (nSPS) is 12.6. The number of rotatable bonds is 8. The summed E-state index contributed by atoms with van der Waals surface area (Å²) in [6.07, 6.45) is 6.31. The zero-order chi connectivity index (χ0) is 39.1. The quantitative estimate of drug-likeness (QED) is 0.144. The molecule has 1 aromatic heterocycles. The number of pyridine rings is 1. The Labute approximate surface area is 344 Å². The van der Waals surface area contributed by atoms with E-state index in [9.17, 15) is 0 Å². The van der Waals surface area contributed by atoms with E-state index in [4.69, 9.17) is 4.98 Å². The van der Waals surface area contributed by atoms with E-state index < -0.39 is 0 Å². The summed E-state index contributed by atoms with van der Waals surface area (Å²) in [6.45, 7) is 1.53. The number of nitrogens with zero attached hydrogens (tertiary/aromatic N) is 4. The van der Waals surface area contributed by atoms with Gasteiger partial charge in [-0.2, -0.15) is 0 Å². The van der Waals surface area contributed by atoms with Gasteiger partial charge in [-0.05, 0) is 133 Å². The van der Waals surface area contributed by atoms with Crippen LogP contribution in [0, 0.1) is 0 Å². The molecule has 9 aromatic carbocycles. The van der Waals surface area contributed by atoms with Crippen LogP contribution >= 0.6 is 0 Å². The number of anilines is 5. The fraction of sp³-hybridized carbons (Fsp3) is 0.0364. The van der Waals surface area contributed by atoms with Crippen LogP contribution in [0.2, 0.25) is 0 Å². The lowest BCUT2D eigenvalue weighted by molar-refractivity contribution is 0.873. The van der Waals surface area contributed by atoms with E-state index in [0.717, 1.165) is 30.3 Å². The highest BCUT2D eigenvalue weighted by Gasteiger charge is 2.30. The Morgan fingerprint density at radius 1 is 0.441 bits per heavy atom. The van der Waals surface area contributed by atoms with Crippen molar-refractivity contribution in [1.82, 2.24) is 4.98 Å². The van der Waals surface area contributed by atoms with Crippen LogP contribution in [-0.2, 0) is 13.1 Å². The Balaban J connectivity index is 0.841. The summed E-state index contributed by atoms with van der Waals surface area (Å²) in [7, 11) is 0. The second kappa shape index (κ2) is 14.7. The van der Waals surface area contributed by atoms with E-state index in [1.54, 1.807) is 0 Å². The van der Waals surface area contributed by atoms with E-state index in [2.05, 4.69) is 221 Å². The number of para-hydroxylation sites is 1. The zero-order valence-electron chi connectivity index (χ0n) is 32.5. The molecular weight excluding hydrogens is 717 g/mol. The summed E-state index contributed by atoms with van der Waals surface area (Å²) in [4.78, 5) is 7.19. The van der Waals surface area contributed by atoms with Crippen molar-refractivity contribution in [3.63, 3.8) is 0 Å². The lowest BCUT2D eigenvalue weighted by Gasteiger charge is -2.31. The van der Waals surface area contributed by atoms with Crippen LogP contribution in [0.1, 0.15) is 22.3 Å². The average molecular weight is 757 g/mol. The lowest BCUT2D eigenvalue weighted by Crippen LogP contribution is -2.33. The van der Waals surface area contributed by atoms with Crippen molar-refractivity contribution in [2.45, 2.75) is 13.1 Å². The standard InChI is InChI=1S/C55H40N4/c1-2-14-51(15-3-1)59-55-50(13-8-30-56-55)38-58(59)54-29-26-48-32-40(19-22-49(48)36-54)17-16-39-18-21-47-33-41(20-23-46(47)31-39)37-57(52-27-24-42-9-4-6-11-44(42)34-52)53-28-25-43-10-5-7-12-45(43)35-53/h1-36H,37-38H2. The van der Waals surface area contributed by atoms with Crippen molar-refractivity contribution < 1.29 is 0 Å². The fourth-order valence-electron chi connectivity index (χ4n) is 8.56. The summed E-state index contributed by atoms with van der Waals surface area (Å²) in [6, 6.07) is 72.5. The van der Waals surface area contributed by atoms with Crippen molar-refractivity contribution >= 4 is 83.8 Å². The first-order chi connectivity index (χ1) is 29.2. The molecule has 0 aliphatic carbocycles. The number of hydrazine groups is 1. The minimum atomic E-state index is 0.756. The number of benzene rings is 9. The monoisotopic (exact) mass is 756 g/mol. The molecule has 0 spiro atoms. The molecule has 0 N–H and O–H groups in total. The summed E-state index contributed by atoms with van der Waals surface area (Å²) in [5.41, 5.74) is 9.42. The van der Waals surface area contributed by atoms with Gasteiger partial charge in [0.15, 0.2) is 5.82 Å². The van der Waals surface area contributed by atoms with Crippen LogP contribution in [0.15, 0.2) is 206 Å². The van der Waals surface area contributed by atoms with E-state index in [-0.39, 0.29) is 0 Å². The maximum Gasteiger partial charge on any atom is 0.157 e. The molecule has 0 unspecified atom stereocenters. The summed E-state index contributed by atoms with van der Waals surface area (Å²) >= 11 is 0. The van der Waals surface area contributed by atoms with Crippen LogP contribution in [0.4, 0.5) is 28.6 Å². The van der Waals surface area contributed by atoms with Crippen LogP contribution in [0.5, 0.6) is 0 Å². The third-order valence-electron chi connectivity index (χ3n) is 11.6. The largest absolute Gasteiger partial charge is 0.337 e. The number of hydrogen-bond acceptors (Lipinski definition) is 4. The molecule has 4 heteroatoms. The molecule has 10 aromatic rings. The van der Waals surface area contributed by atoms with Crippen LogP contribution in [0.3, 0.4) is 0 Å². The first-order valence-corrected chi connectivity index (χ1v) is 20.2. The SMILES string of the molecule is C(=Cc1ccc2cc(N3Cc4cccnc4N3c3ccccc3)ccc2c1)c1ccc2cc(CN(c3ccc4ccccc4c3)c3ccc4ccccc4c3)ccc2c1. The van der Waals surface area contributed by atoms with E-state index in [0.29, 0.717) is 0 Å². The molecule has 0 radical (unpaired) electrons. The van der Waals surface area contributed by atoms with Gasteiger partial charge in [0.2, 0.25) is 0 Å². The van der Waals surface area contributed by atoms with E-state index >= 15 is 0 Å². The van der Waals surface area contributed by atoms with Crippen LogP contribution in [-0.4, -0.2) is 4.98 Å². The zero-order valence-corrected chi connectivity index (χ0v) is 32.5. The molecule has 0 bridgehead atoms. The summed E-state index contributed by atoms with van der Waals surface area (Å²) in [5, 5.41) is 14.4. The molecular formula is C55H40N4. The highest BCUT2D eigenvalue weighted by Crippen LogP contribution is 2.40. The van der Waals surface area contributed by atoms with Gasteiger partial charge in [-0.15, -0.1) is 0 Å². The molecule has 59 heavy (non-hydrogen) atoms. The van der Waals surface area contributed by atoms with Gasteiger partial charge in [0.05, 0.1) is 17.9 Å². The van der Waals surface area contributed by atoms with Gasteiger partial charge in [-0.3, -0.25) is 5.01 Å². The van der Waals surface area contributed by atoms with Gasteiger partial charge in [0.1, 0.15) is 0 Å². The summed E-state index contributed by atoms with van der Waals surface area (Å²) in [5.74, 6) is 0.981. The molecule has 0 saturated carbocycles. The van der Waals surface area contributed by atoms with Gasteiger partial charge in [0.25, 0.3) is 0 Å². The maximum absolute atomic E-state index is 4.75. The third kappa shape index (κ3) is 6.71. The Hall–Kier alpha value is -7.69. The molecule has 2 heterocycles. The van der Waals surface area contributed by atoms with E-state index in [1.165, 1.54) is 76.7 Å². The van der Waals surface area contributed by atoms with Gasteiger partial charge >= 0.3 is 0 Å². The van der Waals surface area contributed by atoms with Crippen molar-refractivity contribution in [3.8, 4) is 0 Å². The highest BCUT2D eigenvalue weighted by molar-refractivity contribution is 5.92. The Morgan fingerprint density at radius 2 is 0.983 bits per heavy atom. The predicted molar refractivity (Wildman–Crippen MR) is 250 cm³/mol. The topological polar surface area (TPSA) is 22.6 Å². The Kier molecular flexibility index (Phi) is 8.59. The minimum absolute atomic E-state index is 0.756. The second-order valence-corrected chi connectivity index (χ2v) is 15.4. The highest BCUT2D eigenvalue weighted by atomic mass is 15.7. The van der Waals surface area contributed by atoms with Gasteiger partial charge in [0, 0.05) is 29.7 Å². The first-order valence-electron chi connectivity index (χ1n) is 20.2. The average Bonchev–Trinajstić information content (AvgIpc) is 3.69. The smallest absolute Gasteiger partial charge is 0.157 e. The first kappa shape index (κ1) is 34.5. The molecule has 0 atom stereocenters. The molecule has 1 aliphatic rings. The van der Waals surface area contributed by atoms with Gasteiger partial charge in [-0.1, -0.05) is 140 Å². The molecule has 11 rings (SSSR count). The van der Waals surface area contributed by atoms with Crippen molar-refractivity contribution in [3.05, 3.63) is 229 Å². The second-order valence-electron chi connectivity index (χ2n) is 15.4. The van der Waals surface area contributed by atoms with Crippen molar-refractivity contribution in [2.24, 2.45) is 0 Å². The van der Waals surface area contributed by atoms with Crippen LogP contribution < -0.4 is 14.9 Å². The third-order valence-corrected chi connectivity index (χ3v) is 11.6. The number of hydrogen-bond donors (Lipinski definition) is 0. The lowest BCUT2D eigenvalue weighted by atomic mass is 10.0. The maximum atomic E-state index is 4.75. The molecule has 1 aliphatic heterocycles. The molecule has 0 fully saturated rings. The van der Waals surface area contributed by atoms with Crippen molar-refractivity contribution in [1.29, 1.82) is 0 Å². The predicted octanol–water partition coefficient (Wildman–Crippen LogP) is 14.3. The Bertz CT molecular complexity index is 3130. The fourth-order valence-corrected chi connectivity index (χ4v) is 8.56. The number of fused-ring (bicyclic) bond motifs is 5. The molecule has 0 saturated heterocycles. The number of aromatic nitrogens is 1. The molecule has 280 valence electrons. The molecule has 0 amide bonds. The van der Waals surface area contributed by atoms with Crippen molar-refractivity contribution in [2.75, 3.05) is 14.9 Å². The van der Waals surface area contributed by atoms with E-state index in [1.807, 2.05) is 12.3 Å². The Morgan fingerprint density at radius 3 is 1.66 bits per heavy atom. The van der Waals surface area contributed by atoms with Gasteiger partial charge in [-0.25, -0.2) is 9.99 Å². The van der Waals surface area contributed by atoms with Gasteiger partial charge < -0.3 is 4.90 Å². The minimum Gasteiger partial charge on any atom is -0.337 e. The molecule has 4 nitrogen and oxygen atoms in total. The van der Waals surface area contributed by atoms with Crippen LogP contribution in [0.25, 0.3) is 55.2 Å². The summed E-state index contributed by atoms with van der Waals surface area (Å²) < 4.78 is 0.